The van der Waals surface area contributed by atoms with E-state index in [1.807, 2.05) is 6.07 Å². The van der Waals surface area contributed by atoms with Gasteiger partial charge in [-0.15, -0.1) is 0 Å². The van der Waals surface area contributed by atoms with Gasteiger partial charge in [0, 0.05) is 22.7 Å². The zero-order chi connectivity index (χ0) is 13.0. The van der Waals surface area contributed by atoms with E-state index in [-0.39, 0.29) is 11.9 Å². The van der Waals surface area contributed by atoms with Crippen LogP contribution in [0, 0.1) is 5.82 Å². The third-order valence-corrected chi connectivity index (χ3v) is 3.83. The maximum Gasteiger partial charge on any atom is 0.129 e. The van der Waals surface area contributed by atoms with Crippen LogP contribution in [0.25, 0.3) is 0 Å². The Hall–Kier alpha value is -0.490. The average molecular weight is 317 g/mol. The number of hydrogen-bond acceptors (Lipinski definition) is 3. The fourth-order valence-corrected chi connectivity index (χ4v) is 2.67. The van der Waals surface area contributed by atoms with E-state index in [1.165, 1.54) is 6.07 Å². The van der Waals surface area contributed by atoms with Gasteiger partial charge in [0.05, 0.1) is 6.10 Å². The van der Waals surface area contributed by atoms with Crippen molar-refractivity contribution < 1.29 is 9.13 Å². The smallest absolute Gasteiger partial charge is 0.129 e. The monoisotopic (exact) mass is 316 g/mol. The molecule has 100 valence electrons. The molecule has 0 aliphatic carbocycles. The van der Waals surface area contributed by atoms with Crippen molar-refractivity contribution >= 4 is 15.9 Å². The number of hydrazine groups is 1. The largest absolute Gasteiger partial charge is 0.378 e. The van der Waals surface area contributed by atoms with Gasteiger partial charge in [0.2, 0.25) is 0 Å². The van der Waals surface area contributed by atoms with E-state index in [4.69, 9.17) is 10.6 Å². The molecule has 1 aromatic carbocycles. The average Bonchev–Trinajstić information content (AvgIpc) is 2.85. The van der Waals surface area contributed by atoms with E-state index >= 15 is 0 Å². The maximum absolute atomic E-state index is 13.8. The van der Waals surface area contributed by atoms with Gasteiger partial charge in [0.25, 0.3) is 0 Å². The molecule has 1 aliphatic heterocycles. The highest BCUT2D eigenvalue weighted by Crippen LogP contribution is 2.26. The third kappa shape index (κ3) is 3.51. The zero-order valence-corrected chi connectivity index (χ0v) is 11.7. The van der Waals surface area contributed by atoms with Crippen molar-refractivity contribution in [3.05, 3.63) is 34.1 Å². The second-order valence-electron chi connectivity index (χ2n) is 4.60. The molecule has 1 aliphatic rings. The normalized spacial score (nSPS) is 21.2. The molecule has 3 N–H and O–H groups in total. The van der Waals surface area contributed by atoms with Crippen molar-refractivity contribution in [2.45, 2.75) is 37.8 Å². The number of ether oxygens (including phenoxy) is 1. The van der Waals surface area contributed by atoms with Gasteiger partial charge in [0.1, 0.15) is 5.82 Å². The lowest BCUT2D eigenvalue weighted by molar-refractivity contribution is 0.0995. The van der Waals surface area contributed by atoms with Gasteiger partial charge in [-0.05, 0) is 37.8 Å². The summed E-state index contributed by atoms with van der Waals surface area (Å²) in [7, 11) is 0. The molecule has 0 amide bonds. The van der Waals surface area contributed by atoms with Crippen molar-refractivity contribution in [2.24, 2.45) is 5.84 Å². The van der Waals surface area contributed by atoms with E-state index in [2.05, 4.69) is 21.4 Å². The molecule has 0 saturated carbocycles. The summed E-state index contributed by atoms with van der Waals surface area (Å²) in [6, 6.07) is 4.89. The molecule has 2 unspecified atom stereocenters. The second kappa shape index (κ2) is 6.61. The number of rotatable bonds is 5. The molecule has 1 heterocycles. The number of halogens is 2. The molecule has 1 fully saturated rings. The summed E-state index contributed by atoms with van der Waals surface area (Å²) in [6.45, 7) is 0.845. The molecule has 5 heteroatoms. The van der Waals surface area contributed by atoms with E-state index in [1.54, 1.807) is 6.07 Å². The minimum absolute atomic E-state index is 0.165. The Balaban J connectivity index is 1.98. The summed E-state index contributed by atoms with van der Waals surface area (Å²) in [5, 5.41) is 0. The van der Waals surface area contributed by atoms with Gasteiger partial charge in [-0.3, -0.25) is 11.3 Å². The molecular weight excluding hydrogens is 299 g/mol. The number of nitrogens with one attached hydrogen (secondary N) is 1. The molecule has 2 atom stereocenters. The Morgan fingerprint density at radius 2 is 2.39 bits per heavy atom. The van der Waals surface area contributed by atoms with Gasteiger partial charge in [-0.25, -0.2) is 4.39 Å². The zero-order valence-electron chi connectivity index (χ0n) is 10.2. The van der Waals surface area contributed by atoms with Gasteiger partial charge >= 0.3 is 0 Å². The summed E-state index contributed by atoms with van der Waals surface area (Å²) >= 11 is 3.25. The molecule has 0 aromatic heterocycles. The summed E-state index contributed by atoms with van der Waals surface area (Å²) in [4.78, 5) is 0. The highest BCUT2D eigenvalue weighted by molar-refractivity contribution is 9.10. The summed E-state index contributed by atoms with van der Waals surface area (Å²) in [5.41, 5.74) is 3.30. The highest BCUT2D eigenvalue weighted by Gasteiger charge is 2.20. The molecule has 0 spiro atoms. The summed E-state index contributed by atoms with van der Waals surface area (Å²) in [5.74, 6) is 5.29. The van der Waals surface area contributed by atoms with E-state index in [0.29, 0.717) is 11.7 Å². The molecule has 18 heavy (non-hydrogen) atoms. The van der Waals surface area contributed by atoms with Crippen molar-refractivity contribution in [1.29, 1.82) is 0 Å². The van der Waals surface area contributed by atoms with Gasteiger partial charge in [-0.2, -0.15) is 0 Å². The molecule has 0 radical (unpaired) electrons. The molecule has 3 nitrogen and oxygen atoms in total. The lowest BCUT2D eigenvalue weighted by Gasteiger charge is -2.19. The van der Waals surface area contributed by atoms with Crippen LogP contribution in [0.5, 0.6) is 0 Å². The van der Waals surface area contributed by atoms with E-state index in [0.717, 1.165) is 36.8 Å². The highest BCUT2D eigenvalue weighted by atomic mass is 79.9. The van der Waals surface area contributed by atoms with Gasteiger partial charge in [-0.1, -0.05) is 22.0 Å². The van der Waals surface area contributed by atoms with Crippen molar-refractivity contribution in [1.82, 2.24) is 5.43 Å². The van der Waals surface area contributed by atoms with Crippen LogP contribution in [0.4, 0.5) is 4.39 Å². The first-order valence-corrected chi connectivity index (χ1v) is 7.02. The number of nitrogens with two attached hydrogens (primary N) is 1. The van der Waals surface area contributed by atoms with E-state index in [9.17, 15) is 4.39 Å². The first-order chi connectivity index (χ1) is 8.70. The lowest BCUT2D eigenvalue weighted by atomic mass is 9.99. The van der Waals surface area contributed by atoms with Gasteiger partial charge < -0.3 is 4.74 Å². The number of benzene rings is 1. The van der Waals surface area contributed by atoms with Crippen LogP contribution in [0.3, 0.4) is 0 Å². The second-order valence-corrected chi connectivity index (χ2v) is 5.51. The predicted molar refractivity (Wildman–Crippen MR) is 72.4 cm³/mol. The molecular formula is C13H18BrFN2O. The van der Waals surface area contributed by atoms with Crippen LogP contribution in [0.2, 0.25) is 0 Å². The van der Waals surface area contributed by atoms with Crippen molar-refractivity contribution in [3.63, 3.8) is 0 Å². The predicted octanol–water partition coefficient (Wildman–Crippen LogP) is 3.05. The van der Waals surface area contributed by atoms with Crippen LogP contribution in [-0.2, 0) is 4.74 Å². The summed E-state index contributed by atoms with van der Waals surface area (Å²) in [6.07, 6.45) is 4.21. The van der Waals surface area contributed by atoms with Crippen molar-refractivity contribution in [3.8, 4) is 0 Å². The standard InChI is InChI=1S/C13H18BrFN2O/c14-9-3-5-11(12(15)8-9)13(17-16)6-4-10-2-1-7-18-10/h3,5,8,10,13,17H,1-2,4,6-7,16H2. The Morgan fingerprint density at radius 3 is 3.00 bits per heavy atom. The Bertz CT molecular complexity index is 397. The fraction of sp³-hybridized carbons (Fsp3) is 0.538. The Kier molecular flexibility index (Phi) is 5.12. The van der Waals surface area contributed by atoms with Gasteiger partial charge in [0.15, 0.2) is 0 Å². The first kappa shape index (κ1) is 13.9. The minimum Gasteiger partial charge on any atom is -0.378 e. The first-order valence-electron chi connectivity index (χ1n) is 6.23. The van der Waals surface area contributed by atoms with Crippen LogP contribution in [-0.4, -0.2) is 12.7 Å². The number of hydrogen-bond donors (Lipinski definition) is 2. The van der Waals surface area contributed by atoms with Crippen LogP contribution < -0.4 is 11.3 Å². The SMILES string of the molecule is NNC(CCC1CCCO1)c1ccc(Br)cc1F. The van der Waals surface area contributed by atoms with Crippen LogP contribution >= 0.6 is 15.9 Å². The van der Waals surface area contributed by atoms with Crippen LogP contribution in [0.1, 0.15) is 37.3 Å². The minimum atomic E-state index is -0.236. The Morgan fingerprint density at radius 1 is 1.56 bits per heavy atom. The van der Waals surface area contributed by atoms with Crippen molar-refractivity contribution in [2.75, 3.05) is 6.61 Å². The summed E-state index contributed by atoms with van der Waals surface area (Å²) < 4.78 is 20.1. The fourth-order valence-electron chi connectivity index (χ4n) is 2.34. The van der Waals surface area contributed by atoms with E-state index < -0.39 is 0 Å². The Labute approximate surface area is 115 Å². The topological polar surface area (TPSA) is 47.3 Å². The lowest BCUT2D eigenvalue weighted by Crippen LogP contribution is -2.29. The van der Waals surface area contributed by atoms with Crippen LogP contribution in [0.15, 0.2) is 22.7 Å². The quantitative estimate of drug-likeness (QED) is 0.648. The third-order valence-electron chi connectivity index (χ3n) is 3.34. The maximum atomic E-state index is 13.8. The molecule has 0 bridgehead atoms. The molecule has 1 aromatic rings. The molecule has 1 saturated heterocycles. The molecule has 2 rings (SSSR count).